The van der Waals surface area contributed by atoms with Crippen LogP contribution in [0.25, 0.3) is 0 Å². The molecule has 1 aliphatic carbocycles. The molecular weight excluding hydrogens is 337 g/mol. The molecule has 2 rings (SSSR count). The Bertz CT molecular complexity index is 550. The summed E-state index contributed by atoms with van der Waals surface area (Å²) < 4.78 is 14.8. The van der Waals surface area contributed by atoms with Gasteiger partial charge in [0.25, 0.3) is 0 Å². The van der Waals surface area contributed by atoms with Gasteiger partial charge in [0.15, 0.2) is 11.7 Å². The molecule has 2 unspecified atom stereocenters. The van der Waals surface area contributed by atoms with Gasteiger partial charge in [0.1, 0.15) is 0 Å². The lowest BCUT2D eigenvalue weighted by Crippen LogP contribution is -2.39. The molecule has 21 heavy (non-hydrogen) atoms. The summed E-state index contributed by atoms with van der Waals surface area (Å²) in [5, 5.41) is 11.7. The van der Waals surface area contributed by atoms with Gasteiger partial charge in [-0.25, -0.2) is 4.39 Å². The molecule has 6 heteroatoms. The lowest BCUT2D eigenvalue weighted by Gasteiger charge is -2.38. The van der Waals surface area contributed by atoms with E-state index < -0.39 is 0 Å². The van der Waals surface area contributed by atoms with Gasteiger partial charge in [-0.15, -0.1) is 0 Å². The molecule has 1 aromatic rings. The molecule has 0 radical (unpaired) electrons. The van der Waals surface area contributed by atoms with Crippen LogP contribution in [-0.2, 0) is 0 Å². The fraction of sp³-hybridized carbons (Fsp3) is 0.533. The second-order valence-electron chi connectivity index (χ2n) is 5.69. The number of hydrogen-bond donors (Lipinski definition) is 2. The summed E-state index contributed by atoms with van der Waals surface area (Å²) in [5.41, 5.74) is 6.43. The predicted octanol–water partition coefficient (Wildman–Crippen LogP) is 3.70. The maximum Gasteiger partial charge on any atom is 0.171 e. The van der Waals surface area contributed by atoms with Crippen molar-refractivity contribution in [2.45, 2.75) is 38.6 Å². The fourth-order valence-electron chi connectivity index (χ4n) is 3.11. The van der Waals surface area contributed by atoms with E-state index in [1.54, 1.807) is 12.1 Å². The van der Waals surface area contributed by atoms with Crippen LogP contribution in [0.4, 0.5) is 10.1 Å². The van der Waals surface area contributed by atoms with Crippen molar-refractivity contribution >= 4 is 27.5 Å². The molecule has 0 aliphatic heterocycles. The van der Waals surface area contributed by atoms with Crippen LogP contribution in [0.2, 0.25) is 0 Å². The Kier molecular flexibility index (Phi) is 5.08. The van der Waals surface area contributed by atoms with Crippen molar-refractivity contribution in [2.24, 2.45) is 16.8 Å². The zero-order chi connectivity index (χ0) is 15.6. The van der Waals surface area contributed by atoms with Crippen LogP contribution in [0.15, 0.2) is 21.8 Å². The van der Waals surface area contributed by atoms with E-state index in [0.29, 0.717) is 23.2 Å². The average Bonchev–Trinajstić information content (AvgIpc) is 2.49. The molecule has 2 atom stereocenters. The van der Waals surface area contributed by atoms with Gasteiger partial charge < -0.3 is 15.8 Å². The largest absolute Gasteiger partial charge is 0.409 e. The van der Waals surface area contributed by atoms with Crippen molar-refractivity contribution in [1.29, 1.82) is 0 Å². The molecule has 116 valence electrons. The number of benzene rings is 1. The second kappa shape index (κ2) is 6.64. The molecule has 1 saturated carbocycles. The van der Waals surface area contributed by atoms with E-state index in [-0.39, 0.29) is 16.1 Å². The summed E-state index contributed by atoms with van der Waals surface area (Å²) in [7, 11) is 1.93. The quantitative estimate of drug-likeness (QED) is 0.375. The van der Waals surface area contributed by atoms with E-state index in [1.165, 1.54) is 19.3 Å². The van der Waals surface area contributed by atoms with Gasteiger partial charge in [-0.1, -0.05) is 24.9 Å². The fourth-order valence-corrected chi connectivity index (χ4v) is 3.65. The highest BCUT2D eigenvalue weighted by Gasteiger charge is 2.27. The Morgan fingerprint density at radius 2 is 2.10 bits per heavy atom. The normalized spacial score (nSPS) is 23.1. The van der Waals surface area contributed by atoms with Gasteiger partial charge in [-0.2, -0.15) is 0 Å². The minimum absolute atomic E-state index is 0.110. The number of halogens is 2. The molecule has 1 aromatic carbocycles. The smallest absolute Gasteiger partial charge is 0.171 e. The van der Waals surface area contributed by atoms with Crippen molar-refractivity contribution in [1.82, 2.24) is 0 Å². The van der Waals surface area contributed by atoms with Crippen molar-refractivity contribution in [3.63, 3.8) is 0 Å². The number of anilines is 1. The van der Waals surface area contributed by atoms with Crippen molar-refractivity contribution in [2.75, 3.05) is 11.9 Å². The monoisotopic (exact) mass is 357 g/mol. The highest BCUT2D eigenvalue weighted by atomic mass is 79.9. The van der Waals surface area contributed by atoms with E-state index in [2.05, 4.69) is 28.0 Å². The molecule has 0 aromatic heterocycles. The summed E-state index contributed by atoms with van der Waals surface area (Å²) in [5.74, 6) is 0.0612. The average molecular weight is 358 g/mol. The summed E-state index contributed by atoms with van der Waals surface area (Å²) in [4.78, 5) is 2.01. The zero-order valence-corrected chi connectivity index (χ0v) is 13.9. The summed E-state index contributed by atoms with van der Waals surface area (Å²) in [6.45, 7) is 2.22. The third-order valence-electron chi connectivity index (χ3n) is 4.39. The third-order valence-corrected chi connectivity index (χ3v) is 5.16. The molecule has 3 N–H and O–H groups in total. The Hall–Kier alpha value is -1.30. The van der Waals surface area contributed by atoms with Gasteiger partial charge in [0.05, 0.1) is 10.2 Å². The van der Waals surface area contributed by atoms with E-state index in [4.69, 9.17) is 10.9 Å². The van der Waals surface area contributed by atoms with E-state index >= 15 is 0 Å². The number of nitrogens with two attached hydrogens (primary N) is 1. The van der Waals surface area contributed by atoms with Crippen LogP contribution in [0.5, 0.6) is 0 Å². The van der Waals surface area contributed by atoms with Crippen LogP contribution in [0.3, 0.4) is 0 Å². The summed E-state index contributed by atoms with van der Waals surface area (Å²) in [6, 6.07) is 3.70. The molecule has 4 nitrogen and oxygen atoms in total. The van der Waals surface area contributed by atoms with Gasteiger partial charge in [0.2, 0.25) is 0 Å². The molecule has 0 spiro atoms. The topological polar surface area (TPSA) is 61.8 Å². The van der Waals surface area contributed by atoms with Crippen LogP contribution in [0, 0.1) is 11.7 Å². The van der Waals surface area contributed by atoms with Gasteiger partial charge >= 0.3 is 0 Å². The molecule has 0 heterocycles. The Morgan fingerprint density at radius 1 is 1.43 bits per heavy atom. The Labute approximate surface area is 132 Å². The number of hydrogen-bond acceptors (Lipinski definition) is 3. The number of nitrogens with zero attached hydrogens (tertiary/aromatic N) is 2. The van der Waals surface area contributed by atoms with Gasteiger partial charge in [0, 0.05) is 18.7 Å². The van der Waals surface area contributed by atoms with E-state index in [1.807, 2.05) is 11.9 Å². The van der Waals surface area contributed by atoms with Crippen molar-refractivity contribution < 1.29 is 9.60 Å². The highest BCUT2D eigenvalue weighted by molar-refractivity contribution is 9.10. The first-order valence-corrected chi connectivity index (χ1v) is 7.95. The second-order valence-corrected chi connectivity index (χ2v) is 6.48. The van der Waals surface area contributed by atoms with Crippen LogP contribution < -0.4 is 10.6 Å². The van der Waals surface area contributed by atoms with E-state index in [0.717, 1.165) is 6.42 Å². The zero-order valence-electron chi connectivity index (χ0n) is 12.3. The molecule has 1 aliphatic rings. The molecule has 0 amide bonds. The van der Waals surface area contributed by atoms with Crippen molar-refractivity contribution in [3.8, 4) is 0 Å². The summed E-state index contributed by atoms with van der Waals surface area (Å²) in [6.07, 6.45) is 4.70. The third kappa shape index (κ3) is 3.15. The highest BCUT2D eigenvalue weighted by Crippen LogP contribution is 2.34. The SMILES string of the molecule is CC1CCCCC1N(C)c1ccc(/C(N)=N/O)c(Br)c1F. The summed E-state index contributed by atoms with van der Waals surface area (Å²) >= 11 is 3.21. The van der Waals surface area contributed by atoms with E-state index in [9.17, 15) is 4.39 Å². The van der Waals surface area contributed by atoms with Gasteiger partial charge in [-0.3, -0.25) is 0 Å². The number of oxime groups is 1. The Morgan fingerprint density at radius 3 is 2.71 bits per heavy atom. The molecule has 0 saturated heterocycles. The molecule has 1 fully saturated rings. The maximum atomic E-state index is 14.6. The van der Waals surface area contributed by atoms with Crippen LogP contribution in [-0.4, -0.2) is 24.1 Å². The van der Waals surface area contributed by atoms with Gasteiger partial charge in [-0.05, 0) is 46.8 Å². The first-order valence-electron chi connectivity index (χ1n) is 7.16. The minimum atomic E-state index is -0.376. The lowest BCUT2D eigenvalue weighted by molar-refractivity contribution is 0.318. The van der Waals surface area contributed by atoms with Crippen molar-refractivity contribution in [3.05, 3.63) is 28.0 Å². The maximum absolute atomic E-state index is 14.6. The number of amidine groups is 1. The minimum Gasteiger partial charge on any atom is -0.409 e. The van der Waals surface area contributed by atoms with Crippen LogP contribution in [0.1, 0.15) is 38.2 Å². The first-order chi connectivity index (χ1) is 9.97. The molecular formula is C15H21BrFN3O. The lowest BCUT2D eigenvalue weighted by atomic mass is 9.85. The van der Waals surface area contributed by atoms with Crippen LogP contribution >= 0.6 is 15.9 Å². The first kappa shape index (κ1) is 16.1. The Balaban J connectivity index is 2.34. The standard InChI is InChI=1S/C15H21BrFN3O/c1-9-5-3-4-6-11(9)20(2)12-8-7-10(15(18)19-21)13(16)14(12)17/h7-9,11,21H,3-6H2,1-2H3,(H2,18,19). The molecule has 0 bridgehead atoms. The predicted molar refractivity (Wildman–Crippen MR) is 86.4 cm³/mol. The number of rotatable bonds is 3.